The van der Waals surface area contributed by atoms with Gasteiger partial charge in [0.05, 0.1) is 5.75 Å². The van der Waals surface area contributed by atoms with Crippen molar-refractivity contribution in [1.29, 1.82) is 0 Å². The number of hydrogen-bond donors (Lipinski definition) is 0. The van der Waals surface area contributed by atoms with Gasteiger partial charge in [-0.25, -0.2) is 9.97 Å². The molecule has 0 radical (unpaired) electrons. The van der Waals surface area contributed by atoms with Gasteiger partial charge >= 0.3 is 0 Å². The van der Waals surface area contributed by atoms with Crippen molar-refractivity contribution in [2.45, 2.75) is 42.2 Å². The van der Waals surface area contributed by atoms with E-state index < -0.39 is 0 Å². The normalized spacial score (nSPS) is 17.6. The lowest BCUT2D eigenvalue weighted by Gasteiger charge is -2.17. The molecule has 0 aromatic carbocycles. The number of thiophene rings is 1. The van der Waals surface area contributed by atoms with Gasteiger partial charge in [0.1, 0.15) is 16.2 Å². The highest BCUT2D eigenvalue weighted by Gasteiger charge is 2.24. The molecule has 3 aromatic heterocycles. The van der Waals surface area contributed by atoms with Crippen LogP contribution < -0.4 is 0 Å². The predicted octanol–water partition coefficient (Wildman–Crippen LogP) is 4.21. The van der Waals surface area contributed by atoms with Crippen LogP contribution in [0.2, 0.25) is 0 Å². The first-order chi connectivity index (χ1) is 11.2. The van der Waals surface area contributed by atoms with Gasteiger partial charge in [-0.3, -0.25) is 0 Å². The number of aryl methyl sites for hydroxylation is 1. The molecule has 8 heteroatoms. The molecule has 1 aliphatic carbocycles. The first kappa shape index (κ1) is 15.4. The molecular weight excluding hydrogens is 348 g/mol. The second kappa shape index (κ2) is 6.41. The Morgan fingerprint density at radius 2 is 2.26 bits per heavy atom. The summed E-state index contributed by atoms with van der Waals surface area (Å²) >= 11 is 4.92. The summed E-state index contributed by atoms with van der Waals surface area (Å²) in [5, 5.41) is 10.9. The number of nitrogens with zero attached hydrogens (tertiary/aromatic N) is 4. The van der Waals surface area contributed by atoms with Gasteiger partial charge in [-0.05, 0) is 48.8 Å². The maximum absolute atomic E-state index is 5.68. The van der Waals surface area contributed by atoms with Crippen LogP contribution in [0.1, 0.15) is 29.7 Å². The Morgan fingerprint density at radius 3 is 3.13 bits per heavy atom. The maximum Gasteiger partial charge on any atom is 0.282 e. The van der Waals surface area contributed by atoms with Crippen LogP contribution in [0.3, 0.4) is 0 Å². The van der Waals surface area contributed by atoms with E-state index in [9.17, 15) is 0 Å². The van der Waals surface area contributed by atoms with E-state index in [2.05, 4.69) is 27.1 Å². The van der Waals surface area contributed by atoms with Crippen LogP contribution in [0, 0.1) is 5.92 Å². The summed E-state index contributed by atoms with van der Waals surface area (Å²) in [6.07, 6.45) is 7.15. The van der Waals surface area contributed by atoms with Crippen LogP contribution in [0.5, 0.6) is 0 Å². The Morgan fingerprint density at radius 1 is 1.35 bits per heavy atom. The van der Waals surface area contributed by atoms with Crippen molar-refractivity contribution in [1.82, 2.24) is 20.2 Å². The second-order valence-electron chi connectivity index (χ2n) is 5.71. The summed E-state index contributed by atoms with van der Waals surface area (Å²) in [6.45, 7) is 2.32. The monoisotopic (exact) mass is 364 g/mol. The highest BCUT2D eigenvalue weighted by molar-refractivity contribution is 7.99. The molecule has 0 saturated carbocycles. The topological polar surface area (TPSA) is 64.7 Å². The number of aromatic nitrogens is 4. The van der Waals surface area contributed by atoms with Crippen molar-refractivity contribution in [2.75, 3.05) is 6.26 Å². The van der Waals surface area contributed by atoms with Crippen LogP contribution in [-0.2, 0) is 18.6 Å². The van der Waals surface area contributed by atoms with Gasteiger partial charge in [0.2, 0.25) is 5.89 Å². The van der Waals surface area contributed by atoms with E-state index >= 15 is 0 Å². The summed E-state index contributed by atoms with van der Waals surface area (Å²) < 4.78 is 5.68. The minimum absolute atomic E-state index is 0.554. The van der Waals surface area contributed by atoms with Crippen molar-refractivity contribution in [3.8, 4) is 0 Å². The van der Waals surface area contributed by atoms with Crippen molar-refractivity contribution in [3.05, 3.63) is 22.7 Å². The Hall–Kier alpha value is -1.12. The molecule has 1 atom stereocenters. The quantitative estimate of drug-likeness (QED) is 0.642. The van der Waals surface area contributed by atoms with E-state index in [0.29, 0.717) is 11.1 Å². The summed E-state index contributed by atoms with van der Waals surface area (Å²) in [5.74, 6) is 2.15. The van der Waals surface area contributed by atoms with Gasteiger partial charge in [0.15, 0.2) is 0 Å². The average Bonchev–Trinajstić information content (AvgIpc) is 3.11. The van der Waals surface area contributed by atoms with Crippen molar-refractivity contribution >= 4 is 45.1 Å². The molecule has 0 spiro atoms. The SMILES string of the molecule is CSCc1nnc(Sc2ncnc3sc4c(c23)CCC(C)C4)o1. The molecule has 0 bridgehead atoms. The number of thioether (sulfide) groups is 1. The molecule has 3 aromatic rings. The first-order valence-electron chi connectivity index (χ1n) is 7.49. The van der Waals surface area contributed by atoms with E-state index in [1.165, 1.54) is 34.0 Å². The molecule has 0 fully saturated rings. The highest BCUT2D eigenvalue weighted by atomic mass is 32.2. The van der Waals surface area contributed by atoms with Crippen molar-refractivity contribution in [2.24, 2.45) is 5.92 Å². The van der Waals surface area contributed by atoms with Gasteiger partial charge in [-0.15, -0.1) is 21.5 Å². The van der Waals surface area contributed by atoms with E-state index in [0.717, 1.165) is 34.4 Å². The maximum atomic E-state index is 5.68. The lowest BCUT2D eigenvalue weighted by atomic mass is 9.89. The fourth-order valence-electron chi connectivity index (χ4n) is 2.87. The Labute approximate surface area is 146 Å². The van der Waals surface area contributed by atoms with E-state index in [1.807, 2.05) is 17.6 Å². The van der Waals surface area contributed by atoms with E-state index in [-0.39, 0.29) is 0 Å². The molecular formula is C15H16N4OS3. The summed E-state index contributed by atoms with van der Waals surface area (Å²) in [7, 11) is 0. The van der Waals surface area contributed by atoms with E-state index in [1.54, 1.807) is 18.1 Å². The van der Waals surface area contributed by atoms with Gasteiger partial charge in [-0.2, -0.15) is 11.8 Å². The molecule has 1 aliphatic rings. The molecule has 1 unspecified atom stereocenters. The zero-order valence-corrected chi connectivity index (χ0v) is 15.4. The van der Waals surface area contributed by atoms with Crippen molar-refractivity contribution in [3.63, 3.8) is 0 Å². The second-order valence-corrected chi connectivity index (χ2v) is 8.60. The summed E-state index contributed by atoms with van der Waals surface area (Å²) in [4.78, 5) is 11.5. The number of hydrogen-bond acceptors (Lipinski definition) is 8. The molecule has 4 rings (SSSR count). The fraction of sp³-hybridized carbons (Fsp3) is 0.467. The van der Waals surface area contributed by atoms with Gasteiger partial charge in [0, 0.05) is 10.3 Å². The van der Waals surface area contributed by atoms with Crippen LogP contribution >= 0.6 is 34.9 Å². The first-order valence-corrected chi connectivity index (χ1v) is 10.5. The van der Waals surface area contributed by atoms with Crippen molar-refractivity contribution < 1.29 is 4.42 Å². The third kappa shape index (κ3) is 2.99. The minimum Gasteiger partial charge on any atom is -0.415 e. The molecule has 5 nitrogen and oxygen atoms in total. The molecule has 0 amide bonds. The molecule has 0 aliphatic heterocycles. The smallest absolute Gasteiger partial charge is 0.282 e. The van der Waals surface area contributed by atoms with Crippen LogP contribution in [0.25, 0.3) is 10.2 Å². The van der Waals surface area contributed by atoms with Crippen LogP contribution in [-0.4, -0.2) is 26.4 Å². The molecule has 23 heavy (non-hydrogen) atoms. The minimum atomic E-state index is 0.554. The third-order valence-electron chi connectivity index (χ3n) is 3.96. The average molecular weight is 365 g/mol. The van der Waals surface area contributed by atoms with Gasteiger partial charge in [0.25, 0.3) is 5.22 Å². The summed E-state index contributed by atoms with van der Waals surface area (Å²) in [5.41, 5.74) is 1.43. The van der Waals surface area contributed by atoms with Gasteiger partial charge in [-0.1, -0.05) is 6.92 Å². The fourth-order valence-corrected chi connectivity index (χ4v) is 5.45. The van der Waals surface area contributed by atoms with Gasteiger partial charge < -0.3 is 4.42 Å². The lowest BCUT2D eigenvalue weighted by molar-refractivity contribution is 0.426. The zero-order valence-electron chi connectivity index (χ0n) is 12.9. The zero-order chi connectivity index (χ0) is 15.8. The third-order valence-corrected chi connectivity index (χ3v) is 6.50. The van der Waals surface area contributed by atoms with Crippen LogP contribution in [0.4, 0.5) is 0 Å². The Balaban J connectivity index is 1.71. The Kier molecular flexibility index (Phi) is 4.29. The molecule has 0 saturated heterocycles. The molecule has 120 valence electrons. The molecule has 0 N–H and O–H groups in total. The highest BCUT2D eigenvalue weighted by Crippen LogP contribution is 2.41. The number of rotatable bonds is 4. The predicted molar refractivity (Wildman–Crippen MR) is 94.2 cm³/mol. The Bertz CT molecular complexity index is 844. The standard InChI is InChI=1S/C15H16N4OS3/c1-8-3-4-9-10(5-8)22-13-12(9)14(17-7-16-13)23-15-19-18-11(20-15)6-21-2/h7-8H,3-6H2,1-2H3. The van der Waals surface area contributed by atoms with E-state index in [4.69, 9.17) is 4.42 Å². The summed E-state index contributed by atoms with van der Waals surface area (Å²) in [6, 6.07) is 0. The van der Waals surface area contributed by atoms with Crippen LogP contribution in [0.15, 0.2) is 21.0 Å². The molecule has 3 heterocycles. The largest absolute Gasteiger partial charge is 0.415 e. The number of fused-ring (bicyclic) bond motifs is 3. The lowest BCUT2D eigenvalue weighted by Crippen LogP contribution is -2.08.